The molecule has 2 rings (SSSR count). The van der Waals surface area contributed by atoms with Crippen LogP contribution in [0.25, 0.3) is 0 Å². The first-order valence-electron chi connectivity index (χ1n) is 8.80. The highest BCUT2D eigenvalue weighted by Gasteiger charge is 2.18. The van der Waals surface area contributed by atoms with Crippen LogP contribution in [0.3, 0.4) is 0 Å². The minimum atomic E-state index is 0.143. The molecular weight excluding hydrogens is 332 g/mol. The lowest BCUT2D eigenvalue weighted by atomic mass is 10.1. The van der Waals surface area contributed by atoms with Crippen molar-refractivity contribution >= 4 is 33.8 Å². The first kappa shape index (κ1) is 19.2. The largest absolute Gasteiger partial charge is 0.388 e. The molecular formula is C19H28N4OS. The van der Waals surface area contributed by atoms with Crippen LogP contribution in [0, 0.1) is 5.92 Å². The summed E-state index contributed by atoms with van der Waals surface area (Å²) in [6.45, 7) is 7.67. The third-order valence-electron chi connectivity index (χ3n) is 3.90. The van der Waals surface area contributed by atoms with Gasteiger partial charge >= 0.3 is 0 Å². The van der Waals surface area contributed by atoms with Crippen LogP contribution < -0.4 is 15.5 Å². The number of nitrogens with zero attached hydrogens (tertiary/aromatic N) is 2. The number of thiazole rings is 1. The topological polar surface area (TPSA) is 57.3 Å². The van der Waals surface area contributed by atoms with Gasteiger partial charge in [0.1, 0.15) is 0 Å². The lowest BCUT2D eigenvalue weighted by molar-refractivity contribution is -0.119. The minimum Gasteiger partial charge on any atom is -0.388 e. The predicted octanol–water partition coefficient (Wildman–Crippen LogP) is 4.59. The highest BCUT2D eigenvalue weighted by molar-refractivity contribution is 7.13. The Morgan fingerprint density at radius 2 is 2.00 bits per heavy atom. The maximum Gasteiger partial charge on any atom is 0.227 e. The van der Waals surface area contributed by atoms with Crippen molar-refractivity contribution in [3.05, 3.63) is 35.3 Å². The number of benzene rings is 1. The molecule has 0 saturated carbocycles. The zero-order valence-electron chi connectivity index (χ0n) is 15.5. The van der Waals surface area contributed by atoms with E-state index in [-0.39, 0.29) is 5.91 Å². The van der Waals surface area contributed by atoms with Crippen LogP contribution in [0.2, 0.25) is 0 Å². The number of carbonyl (C=O) groups is 1. The highest BCUT2D eigenvalue weighted by atomic mass is 32.1. The summed E-state index contributed by atoms with van der Waals surface area (Å²) in [6.07, 6.45) is 1.44. The number of aromatic nitrogens is 1. The monoisotopic (exact) mass is 360 g/mol. The van der Waals surface area contributed by atoms with E-state index in [1.165, 1.54) is 0 Å². The molecule has 2 N–H and O–H groups in total. The molecule has 136 valence electrons. The second-order valence-electron chi connectivity index (χ2n) is 6.38. The van der Waals surface area contributed by atoms with Crippen LogP contribution >= 0.6 is 11.3 Å². The van der Waals surface area contributed by atoms with E-state index in [4.69, 9.17) is 0 Å². The zero-order valence-corrected chi connectivity index (χ0v) is 16.3. The normalized spacial score (nSPS) is 10.8. The molecule has 1 heterocycles. The fourth-order valence-corrected chi connectivity index (χ4v) is 3.23. The average Bonchev–Trinajstić information content (AvgIpc) is 3.05. The van der Waals surface area contributed by atoms with E-state index in [9.17, 15) is 4.79 Å². The van der Waals surface area contributed by atoms with Crippen LogP contribution in [0.15, 0.2) is 29.6 Å². The Bertz CT molecular complexity index is 666. The molecule has 0 bridgehead atoms. The van der Waals surface area contributed by atoms with Gasteiger partial charge in [-0.15, -0.1) is 11.3 Å². The van der Waals surface area contributed by atoms with Gasteiger partial charge in [-0.25, -0.2) is 4.98 Å². The van der Waals surface area contributed by atoms with Crippen molar-refractivity contribution in [2.24, 2.45) is 5.92 Å². The van der Waals surface area contributed by atoms with Crippen molar-refractivity contribution in [2.45, 2.75) is 40.2 Å². The van der Waals surface area contributed by atoms with E-state index in [0.717, 1.165) is 35.2 Å². The summed E-state index contributed by atoms with van der Waals surface area (Å²) >= 11 is 1.58. The molecule has 0 aliphatic carbocycles. The van der Waals surface area contributed by atoms with Crippen LogP contribution in [0.4, 0.5) is 16.5 Å². The maximum atomic E-state index is 12.8. The van der Waals surface area contributed by atoms with E-state index in [0.29, 0.717) is 18.9 Å². The fraction of sp³-hybridized carbons (Fsp3) is 0.474. The van der Waals surface area contributed by atoms with Crippen molar-refractivity contribution < 1.29 is 4.79 Å². The highest BCUT2D eigenvalue weighted by Crippen LogP contribution is 2.24. The van der Waals surface area contributed by atoms with E-state index in [1.54, 1.807) is 11.3 Å². The number of carbonyl (C=O) groups excluding carboxylic acids is 1. The molecule has 0 radical (unpaired) electrons. The number of hydrogen-bond donors (Lipinski definition) is 2. The smallest absolute Gasteiger partial charge is 0.227 e. The van der Waals surface area contributed by atoms with E-state index < -0.39 is 0 Å². The van der Waals surface area contributed by atoms with Gasteiger partial charge in [0.05, 0.1) is 12.2 Å². The lowest BCUT2D eigenvalue weighted by Gasteiger charge is -2.23. The molecule has 0 aliphatic heterocycles. The molecule has 1 aromatic carbocycles. The van der Waals surface area contributed by atoms with Crippen molar-refractivity contribution in [1.82, 2.24) is 4.98 Å². The van der Waals surface area contributed by atoms with E-state index in [2.05, 4.69) is 29.5 Å². The molecule has 6 heteroatoms. The molecule has 0 spiro atoms. The molecule has 0 saturated heterocycles. The first-order valence-corrected chi connectivity index (χ1v) is 9.68. The molecule has 5 nitrogen and oxygen atoms in total. The van der Waals surface area contributed by atoms with Gasteiger partial charge in [-0.05, 0) is 43.5 Å². The van der Waals surface area contributed by atoms with Gasteiger partial charge in [-0.2, -0.15) is 0 Å². The summed E-state index contributed by atoms with van der Waals surface area (Å²) in [5, 5.41) is 9.25. The first-order chi connectivity index (χ1) is 12.0. The summed E-state index contributed by atoms with van der Waals surface area (Å²) in [5.74, 6) is 0.654. The van der Waals surface area contributed by atoms with Gasteiger partial charge in [-0.3, -0.25) is 4.79 Å². The third-order valence-corrected chi connectivity index (χ3v) is 4.75. The SMILES string of the molecule is CCNc1nc(CN(C(=O)CCC(C)C)c2ccc(NC)cc2)cs1. The van der Waals surface area contributed by atoms with Gasteiger partial charge < -0.3 is 15.5 Å². The van der Waals surface area contributed by atoms with Crippen LogP contribution in [-0.4, -0.2) is 24.5 Å². The van der Waals surface area contributed by atoms with Crippen LogP contribution in [0.1, 0.15) is 39.3 Å². The van der Waals surface area contributed by atoms with Gasteiger partial charge in [0, 0.05) is 36.8 Å². The Kier molecular flexibility index (Phi) is 7.25. The standard InChI is InChI=1S/C19H28N4OS/c1-5-21-19-22-16(13-25-19)12-23(18(24)11-6-14(2)3)17-9-7-15(20-4)8-10-17/h7-10,13-14,20H,5-6,11-12H2,1-4H3,(H,21,22). The maximum absolute atomic E-state index is 12.8. The van der Waals surface area contributed by atoms with Crippen molar-refractivity contribution in [3.63, 3.8) is 0 Å². The number of amides is 1. The molecule has 0 unspecified atom stereocenters. The van der Waals surface area contributed by atoms with Gasteiger partial charge in [-0.1, -0.05) is 13.8 Å². The number of nitrogens with one attached hydrogen (secondary N) is 2. The summed E-state index contributed by atoms with van der Waals surface area (Å²) in [6, 6.07) is 7.94. The van der Waals surface area contributed by atoms with Crippen molar-refractivity contribution in [2.75, 3.05) is 29.1 Å². The quantitative estimate of drug-likeness (QED) is 0.687. The summed E-state index contributed by atoms with van der Waals surface area (Å²) < 4.78 is 0. The molecule has 25 heavy (non-hydrogen) atoms. The number of rotatable bonds is 9. The molecule has 0 fully saturated rings. The summed E-state index contributed by atoms with van der Waals surface area (Å²) in [4.78, 5) is 19.2. The Balaban J connectivity index is 2.18. The summed E-state index contributed by atoms with van der Waals surface area (Å²) in [7, 11) is 1.89. The summed E-state index contributed by atoms with van der Waals surface area (Å²) in [5.41, 5.74) is 2.85. The van der Waals surface area contributed by atoms with Crippen LogP contribution in [-0.2, 0) is 11.3 Å². The predicted molar refractivity (Wildman–Crippen MR) is 108 cm³/mol. The van der Waals surface area contributed by atoms with Crippen LogP contribution in [0.5, 0.6) is 0 Å². The number of hydrogen-bond acceptors (Lipinski definition) is 5. The Labute approximate surface area is 154 Å². The fourth-order valence-electron chi connectivity index (χ4n) is 2.45. The van der Waals surface area contributed by atoms with Crippen molar-refractivity contribution in [3.8, 4) is 0 Å². The molecule has 0 aliphatic rings. The van der Waals surface area contributed by atoms with Gasteiger partial charge in [0.15, 0.2) is 5.13 Å². The molecule has 0 atom stereocenters. The Hall–Kier alpha value is -2.08. The lowest BCUT2D eigenvalue weighted by Crippen LogP contribution is -2.30. The van der Waals surface area contributed by atoms with Gasteiger partial charge in [0.2, 0.25) is 5.91 Å². The van der Waals surface area contributed by atoms with Gasteiger partial charge in [0.25, 0.3) is 0 Å². The molecule has 1 aromatic heterocycles. The molecule has 2 aromatic rings. The second-order valence-corrected chi connectivity index (χ2v) is 7.24. The molecule has 1 amide bonds. The minimum absolute atomic E-state index is 0.143. The second kappa shape index (κ2) is 9.42. The number of anilines is 3. The third kappa shape index (κ3) is 5.74. The van der Waals surface area contributed by atoms with Crippen molar-refractivity contribution in [1.29, 1.82) is 0 Å². The Morgan fingerprint density at radius 1 is 1.28 bits per heavy atom. The average molecular weight is 361 g/mol. The van der Waals surface area contributed by atoms with E-state index >= 15 is 0 Å². The Morgan fingerprint density at radius 3 is 2.60 bits per heavy atom. The van der Waals surface area contributed by atoms with E-state index in [1.807, 2.05) is 48.5 Å². The zero-order chi connectivity index (χ0) is 18.2.